The van der Waals surface area contributed by atoms with Crippen molar-refractivity contribution in [2.45, 2.75) is 45.6 Å². The number of primary amides is 1. The minimum atomic E-state index is -0.544. The first-order valence-corrected chi connectivity index (χ1v) is 12.5. The lowest BCUT2D eigenvalue weighted by Crippen LogP contribution is -2.29. The minimum absolute atomic E-state index is 0.00672. The number of likely N-dealkylation sites (tertiary alicyclic amines) is 1. The highest BCUT2D eigenvalue weighted by Gasteiger charge is 2.22. The van der Waals surface area contributed by atoms with Gasteiger partial charge in [0.1, 0.15) is 10.8 Å². The second-order valence-electron chi connectivity index (χ2n) is 9.50. The number of aryl methyl sites for hydroxylation is 1. The molecule has 2 heterocycles. The van der Waals surface area contributed by atoms with Crippen molar-refractivity contribution in [1.29, 1.82) is 0 Å². The van der Waals surface area contributed by atoms with E-state index < -0.39 is 5.91 Å². The molecule has 4 N–H and O–H groups in total. The first kappa shape index (κ1) is 25.7. The molecule has 8 nitrogen and oxygen atoms in total. The Morgan fingerprint density at radius 1 is 1.17 bits per heavy atom. The molecule has 1 saturated heterocycles. The Morgan fingerprint density at radius 2 is 1.89 bits per heavy atom. The number of carbonyl (C=O) groups excluding carboxylic acids is 1. The van der Waals surface area contributed by atoms with Gasteiger partial charge in [-0.2, -0.15) is 4.98 Å². The number of amides is 1. The number of nitrogens with one attached hydrogen (secondary N) is 2. The number of carbonyl (C=O) groups is 1. The molecular weight excluding hydrogens is 476 g/mol. The van der Waals surface area contributed by atoms with Crippen molar-refractivity contribution < 1.29 is 9.53 Å². The van der Waals surface area contributed by atoms with Gasteiger partial charge in [0.05, 0.1) is 29.2 Å². The largest absolute Gasteiger partial charge is 0.489 e. The topological polar surface area (TPSA) is 105 Å². The standard InChI is InChI=1S/C27H33ClN6O2/c1-16(2)36-24-14-20(18-9-11-34(4)12-10-18)17(3)13-23(24)32-27-30-15-21(28)26(33-27)31-22-8-6-5-7-19(22)25(29)35/h5-8,13-16,18H,9-12H2,1-4H3,(H2,29,35)(H2,30,31,32,33). The highest BCUT2D eigenvalue weighted by molar-refractivity contribution is 6.33. The Bertz CT molecular complexity index is 1240. The molecule has 0 bridgehead atoms. The predicted molar refractivity (Wildman–Crippen MR) is 145 cm³/mol. The SMILES string of the molecule is Cc1cc(Nc2ncc(Cl)c(Nc3ccccc3C(N)=O)n2)c(OC(C)C)cc1C1CCN(C)CC1. The average Bonchev–Trinajstić information content (AvgIpc) is 2.83. The van der Waals surface area contributed by atoms with E-state index in [1.54, 1.807) is 24.3 Å². The summed E-state index contributed by atoms with van der Waals surface area (Å²) in [5.74, 6) is 1.43. The van der Waals surface area contributed by atoms with Crippen LogP contribution in [-0.2, 0) is 0 Å². The van der Waals surface area contributed by atoms with Crippen LogP contribution >= 0.6 is 11.6 Å². The number of hydrogen-bond donors (Lipinski definition) is 3. The summed E-state index contributed by atoms with van der Waals surface area (Å²) in [6.07, 6.45) is 3.78. The third-order valence-corrected chi connectivity index (χ3v) is 6.60. The number of anilines is 4. The van der Waals surface area contributed by atoms with Gasteiger partial charge in [-0.1, -0.05) is 23.7 Å². The fourth-order valence-corrected chi connectivity index (χ4v) is 4.62. The van der Waals surface area contributed by atoms with Gasteiger partial charge < -0.3 is 26.0 Å². The van der Waals surface area contributed by atoms with Crippen LogP contribution in [0.4, 0.5) is 23.1 Å². The Kier molecular flexibility index (Phi) is 7.96. The van der Waals surface area contributed by atoms with Gasteiger partial charge in [0.25, 0.3) is 5.91 Å². The zero-order valence-electron chi connectivity index (χ0n) is 21.1. The maximum Gasteiger partial charge on any atom is 0.250 e. The Labute approximate surface area is 217 Å². The minimum Gasteiger partial charge on any atom is -0.489 e. The van der Waals surface area contributed by atoms with Gasteiger partial charge in [-0.3, -0.25) is 4.79 Å². The van der Waals surface area contributed by atoms with Crippen LogP contribution in [0.25, 0.3) is 0 Å². The summed E-state index contributed by atoms with van der Waals surface area (Å²) in [5.41, 5.74) is 9.67. The van der Waals surface area contributed by atoms with Gasteiger partial charge in [0.15, 0.2) is 5.82 Å². The number of nitrogens with zero attached hydrogens (tertiary/aromatic N) is 3. The molecule has 1 amide bonds. The Hall–Kier alpha value is -3.36. The number of halogens is 1. The molecule has 0 radical (unpaired) electrons. The summed E-state index contributed by atoms with van der Waals surface area (Å²) in [4.78, 5) is 23.1. The van der Waals surface area contributed by atoms with Crippen LogP contribution in [0.2, 0.25) is 5.02 Å². The quantitative estimate of drug-likeness (QED) is 0.362. The van der Waals surface area contributed by atoms with E-state index in [4.69, 9.17) is 22.1 Å². The molecule has 4 rings (SSSR count). The summed E-state index contributed by atoms with van der Waals surface area (Å²) in [7, 11) is 2.17. The summed E-state index contributed by atoms with van der Waals surface area (Å²) in [5, 5.41) is 6.72. The van der Waals surface area contributed by atoms with E-state index in [1.807, 2.05) is 13.8 Å². The highest BCUT2D eigenvalue weighted by Crippen LogP contribution is 2.38. The van der Waals surface area contributed by atoms with E-state index in [9.17, 15) is 4.79 Å². The molecule has 0 unspecified atom stereocenters. The molecule has 1 aliphatic heterocycles. The van der Waals surface area contributed by atoms with E-state index in [0.717, 1.165) is 37.4 Å². The van der Waals surface area contributed by atoms with Gasteiger partial charge in [0.2, 0.25) is 5.95 Å². The number of aromatic nitrogens is 2. The van der Waals surface area contributed by atoms with Crippen LogP contribution in [-0.4, -0.2) is 47.0 Å². The van der Waals surface area contributed by atoms with E-state index in [2.05, 4.69) is 51.6 Å². The van der Waals surface area contributed by atoms with Crippen molar-refractivity contribution in [2.24, 2.45) is 5.73 Å². The van der Waals surface area contributed by atoms with Crippen molar-refractivity contribution >= 4 is 40.6 Å². The smallest absolute Gasteiger partial charge is 0.250 e. The third kappa shape index (κ3) is 6.06. The van der Waals surface area contributed by atoms with Crippen molar-refractivity contribution in [1.82, 2.24) is 14.9 Å². The van der Waals surface area contributed by atoms with E-state index in [0.29, 0.717) is 34.0 Å². The van der Waals surface area contributed by atoms with Crippen LogP contribution in [0.3, 0.4) is 0 Å². The first-order valence-electron chi connectivity index (χ1n) is 12.2. The normalized spacial score (nSPS) is 14.6. The summed E-state index contributed by atoms with van der Waals surface area (Å²) < 4.78 is 6.20. The molecule has 36 heavy (non-hydrogen) atoms. The Balaban J connectivity index is 1.63. The molecule has 2 aromatic carbocycles. The molecule has 190 valence electrons. The molecule has 1 aromatic heterocycles. The third-order valence-electron chi connectivity index (χ3n) is 6.33. The maximum atomic E-state index is 11.8. The highest BCUT2D eigenvalue weighted by atomic mass is 35.5. The van der Waals surface area contributed by atoms with Gasteiger partial charge in [-0.15, -0.1) is 0 Å². The lowest BCUT2D eigenvalue weighted by molar-refractivity contribution is 0.100. The number of para-hydroxylation sites is 1. The lowest BCUT2D eigenvalue weighted by atomic mass is 9.86. The number of hydrogen-bond acceptors (Lipinski definition) is 7. The molecule has 0 saturated carbocycles. The number of rotatable bonds is 8. The van der Waals surface area contributed by atoms with Gasteiger partial charge in [-0.25, -0.2) is 4.98 Å². The predicted octanol–water partition coefficient (Wildman–Crippen LogP) is 5.62. The van der Waals surface area contributed by atoms with E-state index in [-0.39, 0.29) is 6.10 Å². The fraction of sp³-hybridized carbons (Fsp3) is 0.370. The monoisotopic (exact) mass is 508 g/mol. The van der Waals surface area contributed by atoms with E-state index in [1.165, 1.54) is 17.3 Å². The van der Waals surface area contributed by atoms with Crippen molar-refractivity contribution in [3.63, 3.8) is 0 Å². The van der Waals surface area contributed by atoms with Crippen LogP contribution in [0.15, 0.2) is 42.6 Å². The van der Waals surface area contributed by atoms with Crippen LogP contribution in [0.1, 0.15) is 54.1 Å². The molecule has 3 aromatic rings. The van der Waals surface area contributed by atoms with Crippen molar-refractivity contribution in [3.05, 3.63) is 64.3 Å². The molecule has 0 spiro atoms. The molecule has 1 fully saturated rings. The number of nitrogens with two attached hydrogens (primary N) is 1. The number of benzene rings is 2. The maximum absolute atomic E-state index is 11.8. The fourth-order valence-electron chi connectivity index (χ4n) is 4.48. The van der Waals surface area contributed by atoms with Gasteiger partial charge in [0, 0.05) is 0 Å². The lowest BCUT2D eigenvalue weighted by Gasteiger charge is -2.30. The first-order chi connectivity index (χ1) is 17.2. The van der Waals surface area contributed by atoms with E-state index >= 15 is 0 Å². The second kappa shape index (κ2) is 11.1. The summed E-state index contributed by atoms with van der Waals surface area (Å²) in [6, 6.07) is 11.2. The molecular formula is C27H33ClN6O2. The number of piperidine rings is 1. The molecule has 0 atom stereocenters. The zero-order chi connectivity index (χ0) is 25.8. The Morgan fingerprint density at radius 3 is 2.58 bits per heavy atom. The van der Waals surface area contributed by atoms with Gasteiger partial charge in [-0.05, 0) is 95.1 Å². The molecule has 1 aliphatic rings. The van der Waals surface area contributed by atoms with Crippen molar-refractivity contribution in [3.8, 4) is 5.75 Å². The molecule has 0 aliphatic carbocycles. The number of ether oxygens (including phenoxy) is 1. The second-order valence-corrected chi connectivity index (χ2v) is 9.91. The summed E-state index contributed by atoms with van der Waals surface area (Å²) >= 11 is 6.36. The average molecular weight is 509 g/mol. The van der Waals surface area contributed by atoms with Gasteiger partial charge >= 0.3 is 0 Å². The van der Waals surface area contributed by atoms with Crippen LogP contribution in [0.5, 0.6) is 5.75 Å². The van der Waals surface area contributed by atoms with Crippen LogP contribution in [0, 0.1) is 6.92 Å². The molecule has 9 heteroatoms. The zero-order valence-corrected chi connectivity index (χ0v) is 21.9. The van der Waals surface area contributed by atoms with Crippen LogP contribution < -0.4 is 21.1 Å². The van der Waals surface area contributed by atoms with Crippen molar-refractivity contribution in [2.75, 3.05) is 30.8 Å². The summed E-state index contributed by atoms with van der Waals surface area (Å²) in [6.45, 7) is 8.34.